The predicted molar refractivity (Wildman–Crippen MR) is 64.9 cm³/mol. The van der Waals surface area contributed by atoms with Gasteiger partial charge in [-0.15, -0.1) is 0 Å². The van der Waals surface area contributed by atoms with E-state index >= 15 is 0 Å². The highest BCUT2D eigenvalue weighted by molar-refractivity contribution is 5.97. The number of hydrogen-bond donors (Lipinski definition) is 0. The molecule has 0 aliphatic heterocycles. The third kappa shape index (κ3) is 4.23. The first-order valence-electron chi connectivity index (χ1n) is 5.49. The van der Waals surface area contributed by atoms with Gasteiger partial charge < -0.3 is 18.8 Å². The summed E-state index contributed by atoms with van der Waals surface area (Å²) in [5, 5.41) is 0. The van der Waals surface area contributed by atoms with E-state index in [0.717, 1.165) is 31.4 Å². The minimum absolute atomic E-state index is 0.0254. The average molecular weight is 283 g/mol. The molecule has 0 saturated heterocycles. The lowest BCUT2D eigenvalue weighted by atomic mass is 10.2. The first kappa shape index (κ1) is 15.4. The molecule has 1 aromatic rings. The van der Waals surface area contributed by atoms with Crippen molar-refractivity contribution in [3.05, 3.63) is 34.4 Å². The average Bonchev–Trinajstić information content (AvgIpc) is 2.46. The van der Waals surface area contributed by atoms with Gasteiger partial charge in [0.15, 0.2) is 0 Å². The Bertz CT molecular complexity index is 525. The maximum Gasteiger partial charge on any atom is 0.335 e. The first-order chi connectivity index (χ1) is 9.47. The fourth-order valence-electron chi connectivity index (χ4n) is 1.30. The van der Waals surface area contributed by atoms with Crippen molar-refractivity contribution in [3.8, 4) is 0 Å². The Morgan fingerprint density at radius 1 is 1.10 bits per heavy atom. The van der Waals surface area contributed by atoms with E-state index in [1.54, 1.807) is 0 Å². The quantitative estimate of drug-likeness (QED) is 0.666. The molecule has 8 nitrogen and oxygen atoms in total. The van der Waals surface area contributed by atoms with Crippen molar-refractivity contribution in [2.24, 2.45) is 0 Å². The summed E-state index contributed by atoms with van der Waals surface area (Å²) in [4.78, 5) is 46.3. The third-order valence-corrected chi connectivity index (χ3v) is 2.33. The van der Waals surface area contributed by atoms with Gasteiger partial charge in [-0.3, -0.25) is 14.4 Å². The molecule has 0 spiro atoms. The zero-order chi connectivity index (χ0) is 15.1. The SMILES string of the molecule is COC(=O)CN(CC(=O)OC)C(=O)c1ccc(=O)oc1. The minimum Gasteiger partial charge on any atom is -0.468 e. The molecule has 0 aliphatic rings. The minimum atomic E-state index is -0.695. The van der Waals surface area contributed by atoms with Crippen LogP contribution in [0.25, 0.3) is 0 Å². The summed E-state index contributed by atoms with van der Waals surface area (Å²) in [5.41, 5.74) is -0.591. The van der Waals surface area contributed by atoms with Gasteiger partial charge in [-0.05, 0) is 6.07 Å². The van der Waals surface area contributed by atoms with Crippen LogP contribution in [0.1, 0.15) is 10.4 Å². The van der Waals surface area contributed by atoms with E-state index in [0.29, 0.717) is 0 Å². The number of ether oxygens (including phenoxy) is 2. The van der Waals surface area contributed by atoms with E-state index in [1.165, 1.54) is 6.07 Å². The van der Waals surface area contributed by atoms with E-state index in [9.17, 15) is 19.2 Å². The van der Waals surface area contributed by atoms with Gasteiger partial charge >= 0.3 is 17.6 Å². The Labute approximate surface area is 113 Å². The van der Waals surface area contributed by atoms with Crippen molar-refractivity contribution in [1.29, 1.82) is 0 Å². The number of carbonyl (C=O) groups excluding carboxylic acids is 3. The molecule has 0 fully saturated rings. The lowest BCUT2D eigenvalue weighted by Crippen LogP contribution is -2.40. The molecule has 20 heavy (non-hydrogen) atoms. The summed E-state index contributed by atoms with van der Waals surface area (Å²) in [5.74, 6) is -2.05. The molecular weight excluding hydrogens is 270 g/mol. The number of esters is 2. The molecule has 0 N–H and O–H groups in total. The van der Waals surface area contributed by atoms with Gasteiger partial charge in [0.1, 0.15) is 19.4 Å². The molecule has 8 heteroatoms. The van der Waals surface area contributed by atoms with Gasteiger partial charge in [-0.25, -0.2) is 4.79 Å². The monoisotopic (exact) mass is 283 g/mol. The van der Waals surface area contributed by atoms with E-state index in [1.807, 2.05) is 0 Å². The first-order valence-corrected chi connectivity index (χ1v) is 5.49. The molecule has 0 saturated carbocycles. The molecular formula is C12H13NO7. The zero-order valence-corrected chi connectivity index (χ0v) is 11.0. The highest BCUT2D eigenvalue weighted by atomic mass is 16.5. The molecule has 0 atom stereocenters. The molecule has 1 amide bonds. The summed E-state index contributed by atoms with van der Waals surface area (Å²) >= 11 is 0. The Morgan fingerprint density at radius 2 is 1.65 bits per heavy atom. The van der Waals surface area contributed by atoms with Crippen LogP contribution < -0.4 is 5.63 Å². The van der Waals surface area contributed by atoms with Crippen LogP contribution in [0.4, 0.5) is 0 Å². The largest absolute Gasteiger partial charge is 0.468 e. The lowest BCUT2D eigenvalue weighted by molar-refractivity contribution is -0.144. The number of carbonyl (C=O) groups is 3. The standard InChI is InChI=1S/C12H13NO7/c1-18-10(15)5-13(6-11(16)19-2)12(17)8-3-4-9(14)20-7-8/h3-4,7H,5-6H2,1-2H3. The van der Waals surface area contributed by atoms with Crippen molar-refractivity contribution < 1.29 is 28.3 Å². The van der Waals surface area contributed by atoms with Crippen molar-refractivity contribution in [2.75, 3.05) is 27.3 Å². The number of methoxy groups -OCH3 is 2. The fraction of sp³-hybridized carbons (Fsp3) is 0.333. The summed E-state index contributed by atoms with van der Waals surface area (Å²) in [6.45, 7) is -0.854. The van der Waals surface area contributed by atoms with E-state index < -0.39 is 36.6 Å². The molecule has 0 radical (unpaired) electrons. The van der Waals surface area contributed by atoms with E-state index in [-0.39, 0.29) is 5.56 Å². The summed E-state index contributed by atoms with van der Waals surface area (Å²) in [6, 6.07) is 2.29. The highest BCUT2D eigenvalue weighted by Crippen LogP contribution is 2.04. The molecule has 0 aliphatic carbocycles. The summed E-state index contributed by atoms with van der Waals surface area (Å²) < 4.78 is 13.4. The van der Waals surface area contributed by atoms with Crippen LogP contribution in [-0.2, 0) is 19.1 Å². The Kier molecular flexibility index (Phi) is 5.45. The van der Waals surface area contributed by atoms with Gasteiger partial charge in [-0.2, -0.15) is 0 Å². The Hall–Kier alpha value is -2.64. The third-order valence-electron chi connectivity index (χ3n) is 2.33. The lowest BCUT2D eigenvalue weighted by Gasteiger charge is -2.19. The predicted octanol–water partition coefficient (Wildman–Crippen LogP) is -0.572. The molecule has 1 heterocycles. The van der Waals surface area contributed by atoms with Crippen LogP contribution in [0.2, 0.25) is 0 Å². The second-order valence-electron chi connectivity index (χ2n) is 3.66. The van der Waals surface area contributed by atoms with Crippen LogP contribution in [-0.4, -0.2) is 50.1 Å². The Morgan fingerprint density at radius 3 is 2.05 bits per heavy atom. The van der Waals surface area contributed by atoms with Crippen molar-refractivity contribution >= 4 is 17.8 Å². The maximum atomic E-state index is 12.1. The van der Waals surface area contributed by atoms with Crippen molar-refractivity contribution in [1.82, 2.24) is 4.90 Å². The topological polar surface area (TPSA) is 103 Å². The molecule has 0 aromatic carbocycles. The molecule has 0 unspecified atom stereocenters. The Balaban J connectivity index is 2.93. The van der Waals surface area contributed by atoms with Gasteiger partial charge in [0.2, 0.25) is 0 Å². The number of hydrogen-bond acceptors (Lipinski definition) is 7. The molecule has 1 aromatic heterocycles. The zero-order valence-electron chi connectivity index (χ0n) is 11.0. The van der Waals surface area contributed by atoms with Gasteiger partial charge in [-0.1, -0.05) is 0 Å². The van der Waals surface area contributed by atoms with Crippen LogP contribution in [0, 0.1) is 0 Å². The summed E-state index contributed by atoms with van der Waals surface area (Å²) in [7, 11) is 2.31. The number of amides is 1. The van der Waals surface area contributed by atoms with Gasteiger partial charge in [0, 0.05) is 6.07 Å². The smallest absolute Gasteiger partial charge is 0.335 e. The highest BCUT2D eigenvalue weighted by Gasteiger charge is 2.22. The maximum absolute atomic E-state index is 12.1. The van der Waals surface area contributed by atoms with Gasteiger partial charge in [0.25, 0.3) is 5.91 Å². The fourth-order valence-corrected chi connectivity index (χ4v) is 1.30. The van der Waals surface area contributed by atoms with Crippen LogP contribution >= 0.6 is 0 Å². The van der Waals surface area contributed by atoms with Crippen LogP contribution in [0.5, 0.6) is 0 Å². The van der Waals surface area contributed by atoms with Crippen molar-refractivity contribution in [3.63, 3.8) is 0 Å². The van der Waals surface area contributed by atoms with Gasteiger partial charge in [0.05, 0.1) is 19.8 Å². The normalized spacial score (nSPS) is 9.70. The van der Waals surface area contributed by atoms with E-state index in [2.05, 4.69) is 13.9 Å². The van der Waals surface area contributed by atoms with E-state index in [4.69, 9.17) is 0 Å². The van der Waals surface area contributed by atoms with Crippen LogP contribution in [0.15, 0.2) is 27.6 Å². The number of nitrogens with zero attached hydrogens (tertiary/aromatic N) is 1. The van der Waals surface area contributed by atoms with Crippen molar-refractivity contribution in [2.45, 2.75) is 0 Å². The summed E-state index contributed by atoms with van der Waals surface area (Å²) in [6.07, 6.45) is 0.951. The second kappa shape index (κ2) is 7.07. The molecule has 108 valence electrons. The number of rotatable bonds is 5. The molecule has 1 rings (SSSR count). The second-order valence-corrected chi connectivity index (χ2v) is 3.66. The van der Waals surface area contributed by atoms with Crippen LogP contribution in [0.3, 0.4) is 0 Å². The molecule has 0 bridgehead atoms.